The Balaban J connectivity index is 2.18. The number of nitrogens with one attached hydrogen (secondary N) is 1. The van der Waals surface area contributed by atoms with Gasteiger partial charge in [-0.3, -0.25) is 5.32 Å². The van der Waals surface area contributed by atoms with Crippen molar-refractivity contribution in [1.29, 1.82) is 5.26 Å². The van der Waals surface area contributed by atoms with Gasteiger partial charge in [0, 0.05) is 11.7 Å². The number of hydrogen-bond acceptors (Lipinski definition) is 3. The second kappa shape index (κ2) is 6.62. The van der Waals surface area contributed by atoms with E-state index in [9.17, 15) is 5.26 Å². The molecule has 0 saturated carbocycles. The topological polar surface area (TPSA) is 53.6 Å². The molecule has 2 unspecified atom stereocenters. The second-order valence-electron chi connectivity index (χ2n) is 6.55. The highest BCUT2D eigenvalue weighted by Crippen LogP contribution is 2.29. The summed E-state index contributed by atoms with van der Waals surface area (Å²) in [4.78, 5) is 4.75. The molecule has 0 aliphatic heterocycles. The van der Waals surface area contributed by atoms with E-state index in [2.05, 4.69) is 36.7 Å². The van der Waals surface area contributed by atoms with E-state index >= 15 is 0 Å². The summed E-state index contributed by atoms with van der Waals surface area (Å²) in [5.41, 5.74) is 2.22. The van der Waals surface area contributed by atoms with Crippen molar-refractivity contribution in [2.75, 3.05) is 6.54 Å². The maximum atomic E-state index is 9.53. The second-order valence-corrected chi connectivity index (χ2v) is 6.55. The summed E-state index contributed by atoms with van der Waals surface area (Å²) >= 11 is 0. The van der Waals surface area contributed by atoms with Crippen molar-refractivity contribution in [2.45, 2.75) is 77.8 Å². The van der Waals surface area contributed by atoms with Gasteiger partial charge in [-0.1, -0.05) is 6.92 Å². The molecule has 1 heterocycles. The Kier molecular flexibility index (Phi) is 5.05. The van der Waals surface area contributed by atoms with Gasteiger partial charge in [0.2, 0.25) is 0 Å². The van der Waals surface area contributed by atoms with Gasteiger partial charge in [0.1, 0.15) is 11.4 Å². The average molecular weight is 288 g/mol. The molecule has 0 spiro atoms. The van der Waals surface area contributed by atoms with Crippen LogP contribution in [0.2, 0.25) is 0 Å². The number of rotatable bonds is 6. The summed E-state index contributed by atoms with van der Waals surface area (Å²) in [7, 11) is 0. The average Bonchev–Trinajstić information content (AvgIpc) is 2.81. The first-order chi connectivity index (χ1) is 10.0. The minimum absolute atomic E-state index is 0.299. The lowest BCUT2D eigenvalue weighted by Gasteiger charge is -2.29. The molecule has 0 saturated heterocycles. The third-order valence-electron chi connectivity index (χ3n) is 4.50. The Hall–Kier alpha value is -1.34. The van der Waals surface area contributed by atoms with E-state index in [0.717, 1.165) is 38.1 Å². The van der Waals surface area contributed by atoms with Crippen molar-refractivity contribution < 1.29 is 0 Å². The van der Waals surface area contributed by atoms with Crippen LogP contribution in [0.5, 0.6) is 0 Å². The van der Waals surface area contributed by atoms with Gasteiger partial charge in [-0.25, -0.2) is 4.98 Å². The number of nitrogens with zero attached hydrogens (tertiary/aromatic N) is 3. The van der Waals surface area contributed by atoms with E-state index in [1.54, 1.807) is 0 Å². The van der Waals surface area contributed by atoms with Crippen LogP contribution in [-0.4, -0.2) is 21.6 Å². The van der Waals surface area contributed by atoms with Crippen molar-refractivity contribution in [3.05, 3.63) is 17.2 Å². The number of fused-ring (bicyclic) bond motifs is 1. The molecule has 2 rings (SSSR count). The fourth-order valence-electron chi connectivity index (χ4n) is 3.52. The van der Waals surface area contributed by atoms with E-state index in [-0.39, 0.29) is 0 Å². The molecule has 0 bridgehead atoms. The van der Waals surface area contributed by atoms with Crippen LogP contribution in [0.25, 0.3) is 0 Å². The van der Waals surface area contributed by atoms with Crippen LogP contribution in [0.3, 0.4) is 0 Å². The zero-order chi connectivity index (χ0) is 15.5. The highest BCUT2D eigenvalue weighted by Gasteiger charge is 2.29. The molecule has 4 nitrogen and oxygen atoms in total. The summed E-state index contributed by atoms with van der Waals surface area (Å²) < 4.78 is 2.37. The van der Waals surface area contributed by atoms with Gasteiger partial charge < -0.3 is 4.57 Å². The summed E-state index contributed by atoms with van der Waals surface area (Å²) in [5, 5.41) is 12.9. The summed E-state index contributed by atoms with van der Waals surface area (Å²) in [6.45, 7) is 9.34. The first-order valence-electron chi connectivity index (χ1n) is 8.23. The zero-order valence-electron chi connectivity index (χ0n) is 13.9. The molecule has 21 heavy (non-hydrogen) atoms. The fraction of sp³-hybridized carbons (Fsp3) is 0.765. The number of nitriles is 1. The maximum Gasteiger partial charge on any atom is 0.106 e. The van der Waals surface area contributed by atoms with E-state index in [4.69, 9.17) is 4.98 Å². The molecule has 2 atom stereocenters. The van der Waals surface area contributed by atoms with E-state index < -0.39 is 5.54 Å². The molecule has 1 aromatic heterocycles. The normalized spacial score (nSPS) is 18.6. The monoisotopic (exact) mass is 288 g/mol. The lowest BCUT2D eigenvalue weighted by molar-refractivity contribution is 0.340. The predicted octanol–water partition coefficient (Wildman–Crippen LogP) is 3.30. The van der Waals surface area contributed by atoms with Crippen molar-refractivity contribution in [1.82, 2.24) is 14.9 Å². The van der Waals surface area contributed by atoms with E-state index in [1.165, 1.54) is 24.2 Å². The van der Waals surface area contributed by atoms with Crippen LogP contribution in [0, 0.1) is 18.3 Å². The van der Waals surface area contributed by atoms with Gasteiger partial charge in [0.25, 0.3) is 0 Å². The van der Waals surface area contributed by atoms with E-state index in [0.29, 0.717) is 6.04 Å². The van der Waals surface area contributed by atoms with Crippen molar-refractivity contribution in [3.63, 3.8) is 0 Å². The molecule has 0 amide bonds. The first-order valence-corrected chi connectivity index (χ1v) is 8.23. The number of aryl methyl sites for hydroxylation is 2. The summed E-state index contributed by atoms with van der Waals surface area (Å²) in [6.07, 6.45) is 6.62. The van der Waals surface area contributed by atoms with Crippen molar-refractivity contribution >= 4 is 0 Å². The number of hydrogen-bond donors (Lipinski definition) is 1. The van der Waals surface area contributed by atoms with Gasteiger partial charge in [-0.2, -0.15) is 5.26 Å². The molecule has 1 aromatic rings. The molecular formula is C17H28N4. The molecule has 1 aliphatic carbocycles. The van der Waals surface area contributed by atoms with Crippen LogP contribution >= 0.6 is 0 Å². The smallest absolute Gasteiger partial charge is 0.106 e. The molecule has 4 heteroatoms. The largest absolute Gasteiger partial charge is 0.329 e. The molecule has 0 aromatic carbocycles. The lowest BCUT2D eigenvalue weighted by atomic mass is 9.94. The Morgan fingerprint density at radius 3 is 2.81 bits per heavy atom. The Labute approximate surface area is 128 Å². The number of aromatic nitrogens is 2. The third-order valence-corrected chi connectivity index (χ3v) is 4.50. The van der Waals surface area contributed by atoms with Crippen LogP contribution in [0.4, 0.5) is 0 Å². The lowest BCUT2D eigenvalue weighted by Crippen LogP contribution is -2.43. The van der Waals surface area contributed by atoms with Gasteiger partial charge in [-0.15, -0.1) is 0 Å². The standard InChI is InChI=1S/C17H28N4/c1-5-10-19-17(4,12-18)11-13(2)21-14(3)20-15-8-6-7-9-16(15)21/h13,19H,5-11H2,1-4H3. The fourth-order valence-corrected chi connectivity index (χ4v) is 3.52. The summed E-state index contributed by atoms with van der Waals surface area (Å²) in [5.74, 6) is 1.10. The van der Waals surface area contributed by atoms with Gasteiger partial charge in [0.05, 0.1) is 11.8 Å². The number of imidazole rings is 1. The van der Waals surface area contributed by atoms with Gasteiger partial charge >= 0.3 is 0 Å². The molecular weight excluding hydrogens is 260 g/mol. The minimum atomic E-state index is -0.465. The third kappa shape index (κ3) is 3.47. The van der Waals surface area contributed by atoms with Crippen molar-refractivity contribution in [2.24, 2.45) is 0 Å². The summed E-state index contributed by atoms with van der Waals surface area (Å²) in [6, 6.07) is 2.76. The van der Waals surface area contributed by atoms with Crippen LogP contribution in [0.1, 0.15) is 69.7 Å². The van der Waals surface area contributed by atoms with Crippen LogP contribution in [-0.2, 0) is 12.8 Å². The van der Waals surface area contributed by atoms with E-state index in [1.807, 2.05) is 6.92 Å². The highest BCUT2D eigenvalue weighted by atomic mass is 15.1. The maximum absolute atomic E-state index is 9.53. The molecule has 116 valence electrons. The SMILES string of the molecule is CCCNC(C)(C#N)CC(C)n1c(C)nc2c1CCCC2. The van der Waals surface area contributed by atoms with Crippen LogP contribution in [0.15, 0.2) is 0 Å². The molecule has 0 fully saturated rings. The zero-order valence-corrected chi connectivity index (χ0v) is 13.9. The predicted molar refractivity (Wildman–Crippen MR) is 85.2 cm³/mol. The molecule has 1 N–H and O–H groups in total. The molecule has 1 aliphatic rings. The quantitative estimate of drug-likeness (QED) is 0.873. The van der Waals surface area contributed by atoms with Crippen molar-refractivity contribution in [3.8, 4) is 6.07 Å². The Bertz CT molecular complexity index is 526. The molecule has 0 radical (unpaired) electrons. The van der Waals surface area contributed by atoms with Gasteiger partial charge in [-0.05, 0) is 65.8 Å². The van der Waals surface area contributed by atoms with Crippen LogP contribution < -0.4 is 5.32 Å². The Morgan fingerprint density at radius 1 is 1.43 bits per heavy atom. The van der Waals surface area contributed by atoms with Gasteiger partial charge in [0.15, 0.2) is 0 Å². The Morgan fingerprint density at radius 2 is 2.14 bits per heavy atom. The minimum Gasteiger partial charge on any atom is -0.329 e. The highest BCUT2D eigenvalue weighted by molar-refractivity contribution is 5.21. The first kappa shape index (κ1) is 16.0.